The summed E-state index contributed by atoms with van der Waals surface area (Å²) in [5, 5.41) is 4.62. The molecule has 7 nitrogen and oxygen atoms in total. The summed E-state index contributed by atoms with van der Waals surface area (Å²) in [6.07, 6.45) is 6.34. The molecule has 1 aromatic rings. The van der Waals surface area contributed by atoms with Gasteiger partial charge in [0.05, 0.1) is 11.6 Å². The number of carbonyl (C=O) groups is 2. The first kappa shape index (κ1) is 18.2. The van der Waals surface area contributed by atoms with Crippen molar-refractivity contribution in [2.24, 2.45) is 11.8 Å². The molecule has 146 valence electrons. The van der Waals surface area contributed by atoms with E-state index in [0.717, 1.165) is 49.8 Å². The molecule has 27 heavy (non-hydrogen) atoms. The lowest BCUT2D eigenvalue weighted by molar-refractivity contribution is -0.137. The molecule has 0 radical (unpaired) electrons. The maximum atomic E-state index is 12.7. The van der Waals surface area contributed by atoms with Crippen LogP contribution in [0.1, 0.15) is 43.4 Å². The van der Waals surface area contributed by atoms with Gasteiger partial charge in [-0.25, -0.2) is 4.68 Å². The molecule has 3 heterocycles. The fourth-order valence-electron chi connectivity index (χ4n) is 4.60. The number of nitrogens with zero attached hydrogens (tertiary/aromatic N) is 4. The van der Waals surface area contributed by atoms with Crippen LogP contribution in [-0.4, -0.2) is 58.1 Å². The Morgan fingerprint density at radius 3 is 2.63 bits per heavy atom. The number of rotatable bonds is 3. The van der Waals surface area contributed by atoms with Gasteiger partial charge in [0, 0.05) is 45.7 Å². The van der Waals surface area contributed by atoms with Crippen molar-refractivity contribution in [2.75, 3.05) is 26.7 Å². The molecular weight excluding hydrogens is 344 g/mol. The second kappa shape index (κ2) is 7.44. The summed E-state index contributed by atoms with van der Waals surface area (Å²) >= 11 is 0. The van der Waals surface area contributed by atoms with E-state index in [-0.39, 0.29) is 23.3 Å². The molecule has 2 aliphatic heterocycles. The van der Waals surface area contributed by atoms with Crippen LogP contribution < -0.4 is 5.56 Å². The number of fused-ring (bicyclic) bond motifs is 1. The van der Waals surface area contributed by atoms with Crippen LogP contribution in [0.4, 0.5) is 0 Å². The average molecular weight is 372 g/mol. The van der Waals surface area contributed by atoms with Crippen LogP contribution in [0.25, 0.3) is 0 Å². The van der Waals surface area contributed by atoms with E-state index < -0.39 is 0 Å². The molecule has 0 aromatic carbocycles. The largest absolute Gasteiger partial charge is 0.345 e. The van der Waals surface area contributed by atoms with Crippen LogP contribution in [0.3, 0.4) is 0 Å². The van der Waals surface area contributed by atoms with Crippen molar-refractivity contribution in [3.63, 3.8) is 0 Å². The van der Waals surface area contributed by atoms with Gasteiger partial charge in [0.15, 0.2) is 0 Å². The lowest BCUT2D eigenvalue weighted by Gasteiger charge is -2.33. The van der Waals surface area contributed by atoms with E-state index >= 15 is 0 Å². The van der Waals surface area contributed by atoms with Gasteiger partial charge in [-0.3, -0.25) is 14.4 Å². The van der Waals surface area contributed by atoms with Crippen molar-refractivity contribution in [3.8, 4) is 0 Å². The van der Waals surface area contributed by atoms with E-state index in [0.29, 0.717) is 38.5 Å². The fraction of sp³-hybridized carbons (Fsp3) is 0.700. The minimum absolute atomic E-state index is 0.00154. The summed E-state index contributed by atoms with van der Waals surface area (Å²) in [7, 11) is 1.76. The SMILES string of the molecule is CN1CC(C(=O)N2CCC(Cn3nc4c(cc3=O)CCCC4)CC2)CC1=O. The molecule has 1 aliphatic carbocycles. The maximum absolute atomic E-state index is 12.7. The summed E-state index contributed by atoms with van der Waals surface area (Å²) in [6.45, 7) is 2.58. The van der Waals surface area contributed by atoms with E-state index in [4.69, 9.17) is 0 Å². The standard InChI is InChI=1S/C20H28N4O3/c1-22-13-16(11-18(22)25)20(27)23-8-6-14(7-9-23)12-24-19(26)10-15-4-2-3-5-17(15)21-24/h10,14,16H,2-9,11-13H2,1H3. The molecule has 2 amide bonds. The van der Waals surface area contributed by atoms with Gasteiger partial charge < -0.3 is 9.80 Å². The first-order valence-corrected chi connectivity index (χ1v) is 10.1. The van der Waals surface area contributed by atoms with Gasteiger partial charge in [-0.1, -0.05) is 0 Å². The second-order valence-corrected chi connectivity index (χ2v) is 8.29. The van der Waals surface area contributed by atoms with Gasteiger partial charge in [0.1, 0.15) is 0 Å². The van der Waals surface area contributed by atoms with Crippen LogP contribution in [0.5, 0.6) is 0 Å². The number of hydrogen-bond donors (Lipinski definition) is 0. The van der Waals surface area contributed by atoms with Crippen LogP contribution in [0, 0.1) is 11.8 Å². The quantitative estimate of drug-likeness (QED) is 0.788. The number of carbonyl (C=O) groups excluding carboxylic acids is 2. The Labute approximate surface area is 159 Å². The number of amides is 2. The van der Waals surface area contributed by atoms with Gasteiger partial charge in [0.2, 0.25) is 11.8 Å². The number of aromatic nitrogens is 2. The Morgan fingerprint density at radius 1 is 1.19 bits per heavy atom. The minimum Gasteiger partial charge on any atom is -0.345 e. The molecule has 4 rings (SSSR count). The Hall–Kier alpha value is -2.18. The Balaban J connectivity index is 1.34. The minimum atomic E-state index is -0.191. The van der Waals surface area contributed by atoms with E-state index in [9.17, 15) is 14.4 Å². The molecule has 0 N–H and O–H groups in total. The van der Waals surface area contributed by atoms with Crippen molar-refractivity contribution < 1.29 is 9.59 Å². The van der Waals surface area contributed by atoms with Gasteiger partial charge in [-0.05, 0) is 50.0 Å². The zero-order valence-corrected chi connectivity index (χ0v) is 16.0. The molecule has 0 spiro atoms. The fourth-order valence-corrected chi connectivity index (χ4v) is 4.60. The summed E-state index contributed by atoms with van der Waals surface area (Å²) < 4.78 is 1.64. The highest BCUT2D eigenvalue weighted by molar-refractivity contribution is 5.89. The first-order chi connectivity index (χ1) is 13.0. The molecule has 1 aromatic heterocycles. The number of likely N-dealkylation sites (tertiary alicyclic amines) is 2. The van der Waals surface area contributed by atoms with Crippen molar-refractivity contribution in [1.29, 1.82) is 0 Å². The number of aryl methyl sites for hydroxylation is 2. The monoisotopic (exact) mass is 372 g/mol. The third-order valence-electron chi connectivity index (χ3n) is 6.32. The van der Waals surface area contributed by atoms with Gasteiger partial charge in [0.25, 0.3) is 5.56 Å². The molecule has 0 bridgehead atoms. The Bertz CT molecular complexity index is 795. The molecule has 3 aliphatic rings. The molecule has 1 unspecified atom stereocenters. The molecule has 2 saturated heterocycles. The smallest absolute Gasteiger partial charge is 0.267 e. The number of piperidine rings is 1. The van der Waals surface area contributed by atoms with Gasteiger partial charge in [-0.2, -0.15) is 5.10 Å². The van der Waals surface area contributed by atoms with Crippen LogP contribution in [0.15, 0.2) is 10.9 Å². The molecule has 1 atom stereocenters. The number of hydrogen-bond acceptors (Lipinski definition) is 4. The van der Waals surface area contributed by atoms with Gasteiger partial charge in [-0.15, -0.1) is 0 Å². The highest BCUT2D eigenvalue weighted by Crippen LogP contribution is 2.24. The Kier molecular flexibility index (Phi) is 5.02. The van der Waals surface area contributed by atoms with Crippen LogP contribution >= 0.6 is 0 Å². The first-order valence-electron chi connectivity index (χ1n) is 10.1. The van der Waals surface area contributed by atoms with Crippen LogP contribution in [-0.2, 0) is 29.0 Å². The normalized spacial score (nSPS) is 23.6. The molecule has 0 saturated carbocycles. The topological polar surface area (TPSA) is 75.5 Å². The third kappa shape index (κ3) is 3.77. The summed E-state index contributed by atoms with van der Waals surface area (Å²) in [5.41, 5.74) is 2.21. The highest BCUT2D eigenvalue weighted by Gasteiger charge is 2.36. The molecule has 2 fully saturated rings. The van der Waals surface area contributed by atoms with Gasteiger partial charge >= 0.3 is 0 Å². The summed E-state index contributed by atoms with van der Waals surface area (Å²) in [6, 6.07) is 1.77. The Morgan fingerprint density at radius 2 is 1.93 bits per heavy atom. The maximum Gasteiger partial charge on any atom is 0.267 e. The second-order valence-electron chi connectivity index (χ2n) is 8.29. The zero-order valence-electron chi connectivity index (χ0n) is 16.0. The highest BCUT2D eigenvalue weighted by atomic mass is 16.2. The molecular formula is C20H28N4O3. The van der Waals surface area contributed by atoms with Crippen molar-refractivity contribution in [3.05, 3.63) is 27.7 Å². The third-order valence-corrected chi connectivity index (χ3v) is 6.32. The zero-order chi connectivity index (χ0) is 19.0. The molecule has 7 heteroatoms. The lowest BCUT2D eigenvalue weighted by atomic mass is 9.95. The van der Waals surface area contributed by atoms with E-state index in [2.05, 4.69) is 5.10 Å². The van der Waals surface area contributed by atoms with Crippen molar-refractivity contribution >= 4 is 11.8 Å². The van der Waals surface area contributed by atoms with E-state index in [1.54, 1.807) is 22.7 Å². The summed E-state index contributed by atoms with van der Waals surface area (Å²) in [5.74, 6) is 0.342. The van der Waals surface area contributed by atoms with E-state index in [1.165, 1.54) is 0 Å². The van der Waals surface area contributed by atoms with E-state index in [1.807, 2.05) is 4.90 Å². The summed E-state index contributed by atoms with van der Waals surface area (Å²) in [4.78, 5) is 40.2. The lowest BCUT2D eigenvalue weighted by Crippen LogP contribution is -2.43. The van der Waals surface area contributed by atoms with Crippen molar-refractivity contribution in [2.45, 2.75) is 51.5 Å². The van der Waals surface area contributed by atoms with Crippen molar-refractivity contribution in [1.82, 2.24) is 19.6 Å². The average Bonchev–Trinajstić information content (AvgIpc) is 3.01. The predicted octanol–water partition coefficient (Wildman–Crippen LogP) is 0.839. The van der Waals surface area contributed by atoms with Crippen LogP contribution in [0.2, 0.25) is 0 Å². The predicted molar refractivity (Wildman–Crippen MR) is 100 cm³/mol.